The zero-order valence-corrected chi connectivity index (χ0v) is 19.2. The van der Waals surface area contributed by atoms with Gasteiger partial charge in [-0.15, -0.1) is 13.2 Å². The molecule has 1 amide bonds. The third-order valence-electron chi connectivity index (χ3n) is 6.07. The molecule has 4 aromatic rings. The van der Waals surface area contributed by atoms with Crippen LogP contribution in [0.3, 0.4) is 0 Å². The Morgan fingerprint density at radius 1 is 1.14 bits per heavy atom. The highest BCUT2D eigenvalue weighted by atomic mass is 19.4. The molecule has 3 N–H and O–H groups in total. The van der Waals surface area contributed by atoms with Crippen LogP contribution in [0.1, 0.15) is 23.2 Å². The number of aryl methyl sites for hydroxylation is 1. The van der Waals surface area contributed by atoms with Gasteiger partial charge in [0, 0.05) is 28.7 Å². The van der Waals surface area contributed by atoms with Crippen LogP contribution in [0.25, 0.3) is 16.7 Å². The third-order valence-corrected chi connectivity index (χ3v) is 6.07. The summed E-state index contributed by atoms with van der Waals surface area (Å²) in [6, 6.07) is 10.5. The Labute approximate surface area is 203 Å². The Balaban J connectivity index is 1.38. The lowest BCUT2D eigenvalue weighted by Crippen LogP contribution is -2.17. The van der Waals surface area contributed by atoms with Crippen LogP contribution in [-0.2, 0) is 24.1 Å². The molecule has 1 aliphatic rings. The summed E-state index contributed by atoms with van der Waals surface area (Å²) in [6.45, 7) is 0. The normalized spacial score (nSPS) is 13.0. The molecular weight excluding hydrogens is 475 g/mol. The fraction of sp³-hybridized carbons (Fsp3) is 0.240. The molecular formula is C25H22F3N5O3. The minimum atomic E-state index is -4.78. The number of nitrogen functional groups attached to an aromatic ring is 1. The van der Waals surface area contributed by atoms with Gasteiger partial charge in [0.25, 0.3) is 0 Å². The SMILES string of the molecule is COc1cc(-n2c3c(c4ncnc(N)c42)CCC3)ccc1CC(=O)Nc1ccc(OC(F)(F)F)cc1. The third kappa shape index (κ3) is 4.51. The van der Waals surface area contributed by atoms with Gasteiger partial charge >= 0.3 is 6.36 Å². The van der Waals surface area contributed by atoms with E-state index < -0.39 is 6.36 Å². The van der Waals surface area contributed by atoms with Crippen molar-refractivity contribution in [2.75, 3.05) is 18.2 Å². The average Bonchev–Trinajstić information content (AvgIpc) is 3.42. The topological polar surface area (TPSA) is 104 Å². The van der Waals surface area contributed by atoms with Crippen LogP contribution in [0.15, 0.2) is 48.8 Å². The monoisotopic (exact) mass is 497 g/mol. The highest BCUT2D eigenvalue weighted by molar-refractivity contribution is 5.93. The van der Waals surface area contributed by atoms with Crippen LogP contribution in [0, 0.1) is 0 Å². The van der Waals surface area contributed by atoms with Crippen LogP contribution in [0.4, 0.5) is 24.7 Å². The van der Waals surface area contributed by atoms with E-state index in [0.717, 1.165) is 53.8 Å². The predicted octanol–water partition coefficient (Wildman–Crippen LogP) is 4.58. The number of ether oxygens (including phenoxy) is 2. The van der Waals surface area contributed by atoms with Crippen LogP contribution < -0.4 is 20.5 Å². The first-order chi connectivity index (χ1) is 17.2. The van der Waals surface area contributed by atoms with Crippen molar-refractivity contribution in [3.05, 3.63) is 65.6 Å². The minimum absolute atomic E-state index is 0.0000390. The van der Waals surface area contributed by atoms with Gasteiger partial charge < -0.3 is 25.1 Å². The highest BCUT2D eigenvalue weighted by Gasteiger charge is 2.31. The molecule has 0 radical (unpaired) electrons. The van der Waals surface area contributed by atoms with E-state index in [4.69, 9.17) is 10.5 Å². The van der Waals surface area contributed by atoms with Crippen LogP contribution in [0.5, 0.6) is 11.5 Å². The molecule has 186 valence electrons. The lowest BCUT2D eigenvalue weighted by Gasteiger charge is -2.15. The van der Waals surface area contributed by atoms with Gasteiger partial charge in [0.2, 0.25) is 5.91 Å². The fourth-order valence-corrected chi connectivity index (χ4v) is 4.62. The van der Waals surface area contributed by atoms with Gasteiger partial charge in [-0.25, -0.2) is 9.97 Å². The molecule has 36 heavy (non-hydrogen) atoms. The summed E-state index contributed by atoms with van der Waals surface area (Å²) in [5, 5.41) is 2.67. The number of hydrogen-bond donors (Lipinski definition) is 2. The van der Waals surface area contributed by atoms with Crippen molar-refractivity contribution in [2.45, 2.75) is 32.0 Å². The maximum absolute atomic E-state index is 12.6. The number of carbonyl (C=O) groups excluding carboxylic acids is 1. The summed E-state index contributed by atoms with van der Waals surface area (Å²) < 4.78 is 48.5. The van der Waals surface area contributed by atoms with Gasteiger partial charge in [-0.2, -0.15) is 0 Å². The number of alkyl halides is 3. The zero-order valence-electron chi connectivity index (χ0n) is 19.2. The van der Waals surface area contributed by atoms with E-state index in [9.17, 15) is 18.0 Å². The predicted molar refractivity (Wildman–Crippen MR) is 127 cm³/mol. The first-order valence-electron chi connectivity index (χ1n) is 11.2. The Morgan fingerprint density at radius 3 is 2.64 bits per heavy atom. The lowest BCUT2D eigenvalue weighted by atomic mass is 10.1. The maximum Gasteiger partial charge on any atom is 0.573 e. The second-order valence-electron chi connectivity index (χ2n) is 8.36. The number of rotatable bonds is 6. The number of nitrogens with one attached hydrogen (secondary N) is 1. The Bertz CT molecular complexity index is 1450. The molecule has 0 bridgehead atoms. The molecule has 2 heterocycles. The number of halogens is 3. The van der Waals surface area contributed by atoms with Gasteiger partial charge in [0.05, 0.1) is 19.0 Å². The van der Waals surface area contributed by atoms with Crippen molar-refractivity contribution in [2.24, 2.45) is 0 Å². The summed E-state index contributed by atoms with van der Waals surface area (Å²) in [4.78, 5) is 21.3. The molecule has 0 aliphatic heterocycles. The number of hydrogen-bond acceptors (Lipinski definition) is 6. The molecule has 0 atom stereocenters. The largest absolute Gasteiger partial charge is 0.573 e. The Kier molecular flexibility index (Phi) is 5.91. The van der Waals surface area contributed by atoms with E-state index in [1.807, 2.05) is 12.1 Å². The first-order valence-corrected chi connectivity index (χ1v) is 11.2. The van der Waals surface area contributed by atoms with E-state index in [0.29, 0.717) is 22.8 Å². The Morgan fingerprint density at radius 2 is 1.92 bits per heavy atom. The number of nitrogens with two attached hydrogens (primary N) is 1. The molecule has 8 nitrogen and oxygen atoms in total. The summed E-state index contributed by atoms with van der Waals surface area (Å²) in [7, 11) is 1.52. The number of nitrogens with zero attached hydrogens (tertiary/aromatic N) is 3. The van der Waals surface area contributed by atoms with Crippen LogP contribution in [0.2, 0.25) is 0 Å². The fourth-order valence-electron chi connectivity index (χ4n) is 4.62. The van der Waals surface area contributed by atoms with Crippen molar-refractivity contribution in [1.29, 1.82) is 0 Å². The highest BCUT2D eigenvalue weighted by Crippen LogP contribution is 2.37. The molecule has 11 heteroatoms. The van der Waals surface area contributed by atoms with Crippen molar-refractivity contribution in [3.63, 3.8) is 0 Å². The molecule has 0 unspecified atom stereocenters. The quantitative estimate of drug-likeness (QED) is 0.404. The van der Waals surface area contributed by atoms with E-state index in [1.54, 1.807) is 6.07 Å². The first kappa shape index (κ1) is 23.5. The second kappa shape index (κ2) is 9.06. The molecule has 0 fully saturated rings. The lowest BCUT2D eigenvalue weighted by molar-refractivity contribution is -0.274. The smallest absolute Gasteiger partial charge is 0.496 e. The maximum atomic E-state index is 12.6. The van der Waals surface area contributed by atoms with Crippen LogP contribution in [-0.4, -0.2) is 33.9 Å². The van der Waals surface area contributed by atoms with Gasteiger partial charge in [-0.1, -0.05) is 6.07 Å². The van der Waals surface area contributed by atoms with E-state index in [2.05, 4.69) is 24.6 Å². The number of carbonyl (C=O) groups is 1. The van der Waals surface area contributed by atoms with Gasteiger partial charge in [0.15, 0.2) is 5.82 Å². The van der Waals surface area contributed by atoms with E-state index >= 15 is 0 Å². The van der Waals surface area contributed by atoms with Gasteiger partial charge in [-0.3, -0.25) is 4.79 Å². The number of methoxy groups -OCH3 is 1. The number of benzene rings is 2. The van der Waals surface area contributed by atoms with Crippen molar-refractivity contribution in [1.82, 2.24) is 14.5 Å². The van der Waals surface area contributed by atoms with Crippen molar-refractivity contribution in [3.8, 4) is 17.2 Å². The standard InChI is InChI=1S/C25H22F3N5O3/c1-35-20-12-16(33-19-4-2-3-18(19)22-23(33)24(29)31-13-30-22)8-5-14(20)11-21(34)32-15-6-9-17(10-7-15)36-25(26,27)28/h5-10,12-13H,2-4,11H2,1H3,(H,32,34)(H2,29,30,31). The summed E-state index contributed by atoms with van der Waals surface area (Å²) in [6.07, 6.45) is -0.458. The van der Waals surface area contributed by atoms with E-state index in [1.165, 1.54) is 31.1 Å². The summed E-state index contributed by atoms with van der Waals surface area (Å²) in [5.74, 6) is 0.187. The molecule has 1 aliphatic carbocycles. The zero-order chi connectivity index (χ0) is 25.4. The molecule has 0 spiro atoms. The molecule has 5 rings (SSSR count). The molecule has 0 saturated heterocycles. The van der Waals surface area contributed by atoms with Crippen molar-refractivity contribution < 1.29 is 27.4 Å². The van der Waals surface area contributed by atoms with Crippen molar-refractivity contribution >= 4 is 28.4 Å². The minimum Gasteiger partial charge on any atom is -0.496 e. The van der Waals surface area contributed by atoms with Gasteiger partial charge in [-0.05, 0) is 55.2 Å². The molecule has 0 saturated carbocycles. The molecule has 2 aromatic carbocycles. The number of fused-ring (bicyclic) bond motifs is 3. The van der Waals surface area contributed by atoms with Gasteiger partial charge in [0.1, 0.15) is 23.3 Å². The number of anilines is 2. The average molecular weight is 497 g/mol. The summed E-state index contributed by atoms with van der Waals surface area (Å²) >= 11 is 0. The number of aromatic nitrogens is 3. The second-order valence-corrected chi connectivity index (χ2v) is 8.36. The van der Waals surface area contributed by atoms with E-state index in [-0.39, 0.29) is 18.1 Å². The molecule has 2 aromatic heterocycles. The Hall–Kier alpha value is -4.28. The van der Waals surface area contributed by atoms with Crippen LogP contribution >= 0.6 is 0 Å². The number of amides is 1. The summed E-state index contributed by atoms with van der Waals surface area (Å²) in [5.41, 5.74) is 12.0.